The van der Waals surface area contributed by atoms with Crippen LogP contribution in [0.5, 0.6) is 5.88 Å². The highest BCUT2D eigenvalue weighted by molar-refractivity contribution is 5.23. The quantitative estimate of drug-likeness (QED) is 0.811. The van der Waals surface area contributed by atoms with Crippen molar-refractivity contribution in [3.63, 3.8) is 0 Å². The van der Waals surface area contributed by atoms with Gasteiger partial charge < -0.3 is 15.0 Å². The minimum atomic E-state index is -0.324. The Hall–Kier alpha value is -1.20. The normalized spacial score (nSPS) is 17.4. The Kier molecular flexibility index (Phi) is 5.73. The minimum absolute atomic E-state index is 0.0760. The SMILES string of the molecule is CCCNCc1ccnc(OC2CCN(C)CC2)c1F. The monoisotopic (exact) mass is 281 g/mol. The molecule has 1 aliphatic heterocycles. The standard InChI is InChI=1S/C15H24FN3O/c1-3-7-17-11-12-4-8-18-15(14(12)16)20-13-5-9-19(2)10-6-13/h4,8,13,17H,3,5-7,9-11H2,1-2H3. The molecule has 5 heteroatoms. The summed E-state index contributed by atoms with van der Waals surface area (Å²) in [5.41, 5.74) is 0.622. The van der Waals surface area contributed by atoms with E-state index in [0.717, 1.165) is 38.9 Å². The zero-order valence-corrected chi connectivity index (χ0v) is 12.4. The van der Waals surface area contributed by atoms with Gasteiger partial charge in [0.1, 0.15) is 6.10 Å². The summed E-state index contributed by atoms with van der Waals surface area (Å²) in [6, 6.07) is 1.71. The molecular weight excluding hydrogens is 257 g/mol. The van der Waals surface area contributed by atoms with Crippen LogP contribution >= 0.6 is 0 Å². The second kappa shape index (κ2) is 7.55. The van der Waals surface area contributed by atoms with Gasteiger partial charge in [-0.15, -0.1) is 0 Å². The summed E-state index contributed by atoms with van der Waals surface area (Å²) in [6.07, 6.45) is 4.58. The van der Waals surface area contributed by atoms with Crippen molar-refractivity contribution in [1.82, 2.24) is 15.2 Å². The molecule has 1 N–H and O–H groups in total. The number of piperidine rings is 1. The summed E-state index contributed by atoms with van der Waals surface area (Å²) in [5.74, 6) is -0.176. The van der Waals surface area contributed by atoms with Gasteiger partial charge in [-0.25, -0.2) is 9.37 Å². The van der Waals surface area contributed by atoms with Crippen LogP contribution in [0.3, 0.4) is 0 Å². The van der Waals surface area contributed by atoms with Gasteiger partial charge in [-0.3, -0.25) is 0 Å². The van der Waals surface area contributed by atoms with Gasteiger partial charge >= 0.3 is 0 Å². The highest BCUT2D eigenvalue weighted by atomic mass is 19.1. The Morgan fingerprint density at radius 2 is 2.20 bits per heavy atom. The summed E-state index contributed by atoms with van der Waals surface area (Å²) in [5, 5.41) is 3.20. The molecule has 0 aromatic carbocycles. The van der Waals surface area contributed by atoms with Gasteiger partial charge in [-0.05, 0) is 38.9 Å². The Morgan fingerprint density at radius 1 is 1.45 bits per heavy atom. The first kappa shape index (κ1) is 15.2. The molecule has 1 aliphatic rings. The molecule has 0 amide bonds. The number of hydrogen-bond donors (Lipinski definition) is 1. The molecule has 0 spiro atoms. The summed E-state index contributed by atoms with van der Waals surface area (Å²) in [6.45, 7) is 5.47. The third kappa shape index (κ3) is 4.15. The van der Waals surface area contributed by atoms with Crippen LogP contribution in [0, 0.1) is 5.82 Å². The first-order chi connectivity index (χ1) is 9.70. The molecule has 0 radical (unpaired) electrons. The molecule has 1 fully saturated rings. The lowest BCUT2D eigenvalue weighted by molar-refractivity contribution is 0.105. The van der Waals surface area contributed by atoms with Crippen LogP contribution in [0.25, 0.3) is 0 Å². The fourth-order valence-corrected chi connectivity index (χ4v) is 2.34. The molecule has 2 rings (SSSR count). The van der Waals surface area contributed by atoms with E-state index >= 15 is 0 Å². The molecule has 0 atom stereocenters. The zero-order valence-electron chi connectivity index (χ0n) is 12.4. The van der Waals surface area contributed by atoms with E-state index in [9.17, 15) is 4.39 Å². The van der Waals surface area contributed by atoms with Crippen LogP contribution in [0.2, 0.25) is 0 Å². The third-order valence-corrected chi connectivity index (χ3v) is 3.62. The van der Waals surface area contributed by atoms with Crippen LogP contribution in [-0.2, 0) is 6.54 Å². The van der Waals surface area contributed by atoms with Gasteiger partial charge in [0, 0.05) is 31.4 Å². The third-order valence-electron chi connectivity index (χ3n) is 3.62. The van der Waals surface area contributed by atoms with Crippen molar-refractivity contribution < 1.29 is 9.13 Å². The smallest absolute Gasteiger partial charge is 0.250 e. The largest absolute Gasteiger partial charge is 0.472 e. The summed E-state index contributed by atoms with van der Waals surface area (Å²) in [7, 11) is 2.09. The molecule has 0 saturated carbocycles. The van der Waals surface area contributed by atoms with Crippen molar-refractivity contribution in [2.45, 2.75) is 38.8 Å². The van der Waals surface area contributed by atoms with E-state index in [2.05, 4.69) is 29.2 Å². The maximum atomic E-state index is 14.3. The van der Waals surface area contributed by atoms with Crippen molar-refractivity contribution >= 4 is 0 Å². The number of halogens is 1. The molecule has 1 aromatic rings. The van der Waals surface area contributed by atoms with Crippen LogP contribution in [0.15, 0.2) is 12.3 Å². The van der Waals surface area contributed by atoms with E-state index in [-0.39, 0.29) is 17.8 Å². The number of nitrogens with zero attached hydrogens (tertiary/aromatic N) is 2. The van der Waals surface area contributed by atoms with E-state index in [1.165, 1.54) is 0 Å². The van der Waals surface area contributed by atoms with Crippen molar-refractivity contribution in [3.8, 4) is 5.88 Å². The molecule has 1 saturated heterocycles. The number of rotatable bonds is 6. The van der Waals surface area contributed by atoms with E-state index in [4.69, 9.17) is 4.74 Å². The lowest BCUT2D eigenvalue weighted by Gasteiger charge is -2.29. The Bertz CT molecular complexity index is 420. The summed E-state index contributed by atoms with van der Waals surface area (Å²) < 4.78 is 20.0. The predicted molar refractivity (Wildman–Crippen MR) is 77.3 cm³/mol. The lowest BCUT2D eigenvalue weighted by Crippen LogP contribution is -2.36. The van der Waals surface area contributed by atoms with Crippen molar-refractivity contribution in [3.05, 3.63) is 23.6 Å². The molecule has 0 unspecified atom stereocenters. The van der Waals surface area contributed by atoms with Gasteiger partial charge in [0.15, 0.2) is 5.82 Å². The second-order valence-electron chi connectivity index (χ2n) is 5.39. The molecule has 0 aliphatic carbocycles. The number of likely N-dealkylation sites (tertiary alicyclic amines) is 1. The van der Waals surface area contributed by atoms with Crippen molar-refractivity contribution in [2.75, 3.05) is 26.7 Å². The number of pyridine rings is 1. The van der Waals surface area contributed by atoms with Crippen LogP contribution < -0.4 is 10.1 Å². The fraction of sp³-hybridized carbons (Fsp3) is 0.667. The van der Waals surface area contributed by atoms with Gasteiger partial charge in [-0.1, -0.05) is 6.92 Å². The Labute approximate surface area is 120 Å². The molecule has 20 heavy (non-hydrogen) atoms. The average molecular weight is 281 g/mol. The minimum Gasteiger partial charge on any atom is -0.472 e. The average Bonchev–Trinajstić information content (AvgIpc) is 2.45. The summed E-state index contributed by atoms with van der Waals surface area (Å²) in [4.78, 5) is 6.30. The first-order valence-electron chi connectivity index (χ1n) is 7.40. The first-order valence-corrected chi connectivity index (χ1v) is 7.40. The molecule has 0 bridgehead atoms. The molecule has 1 aromatic heterocycles. The highest BCUT2D eigenvalue weighted by Crippen LogP contribution is 2.21. The van der Waals surface area contributed by atoms with Gasteiger partial charge in [0.25, 0.3) is 5.88 Å². The van der Waals surface area contributed by atoms with Crippen molar-refractivity contribution in [1.29, 1.82) is 0 Å². The molecule has 112 valence electrons. The van der Waals surface area contributed by atoms with Crippen LogP contribution in [-0.4, -0.2) is 42.7 Å². The second-order valence-corrected chi connectivity index (χ2v) is 5.39. The molecular formula is C15H24FN3O. The van der Waals surface area contributed by atoms with E-state index < -0.39 is 0 Å². The van der Waals surface area contributed by atoms with Crippen LogP contribution in [0.4, 0.5) is 4.39 Å². The van der Waals surface area contributed by atoms with Gasteiger partial charge in [0.05, 0.1) is 0 Å². The number of nitrogens with one attached hydrogen (secondary N) is 1. The summed E-state index contributed by atoms with van der Waals surface area (Å²) >= 11 is 0. The number of hydrogen-bond acceptors (Lipinski definition) is 4. The number of aromatic nitrogens is 1. The molecule has 2 heterocycles. The Balaban J connectivity index is 1.95. The fourth-order valence-electron chi connectivity index (χ4n) is 2.34. The maximum absolute atomic E-state index is 14.3. The van der Waals surface area contributed by atoms with Gasteiger partial charge in [0.2, 0.25) is 0 Å². The molecule has 4 nitrogen and oxygen atoms in total. The van der Waals surface area contributed by atoms with Crippen LogP contribution in [0.1, 0.15) is 31.7 Å². The zero-order chi connectivity index (χ0) is 14.4. The van der Waals surface area contributed by atoms with E-state index in [1.54, 1.807) is 12.3 Å². The van der Waals surface area contributed by atoms with E-state index in [0.29, 0.717) is 12.1 Å². The van der Waals surface area contributed by atoms with E-state index in [1.807, 2.05) is 0 Å². The van der Waals surface area contributed by atoms with Gasteiger partial charge in [-0.2, -0.15) is 0 Å². The Morgan fingerprint density at radius 3 is 2.90 bits per heavy atom. The lowest BCUT2D eigenvalue weighted by atomic mass is 10.1. The maximum Gasteiger partial charge on any atom is 0.250 e. The number of ether oxygens (including phenoxy) is 1. The topological polar surface area (TPSA) is 37.4 Å². The predicted octanol–water partition coefficient (Wildman–Crippen LogP) is 2.19. The van der Waals surface area contributed by atoms with Crippen molar-refractivity contribution in [2.24, 2.45) is 0 Å². The highest BCUT2D eigenvalue weighted by Gasteiger charge is 2.20.